The molecule has 1 aliphatic carbocycles. The Morgan fingerprint density at radius 3 is 2.77 bits per heavy atom. The quantitative estimate of drug-likeness (QED) is 0.512. The average Bonchev–Trinajstić information content (AvgIpc) is 2.74. The molecule has 1 aliphatic rings. The smallest absolute Gasteiger partial charge is 0.414 e. The molecule has 7 heteroatoms. The molecule has 154 valence electrons. The number of carbonyl (C=O) groups is 1. The summed E-state index contributed by atoms with van der Waals surface area (Å²) in [7, 11) is 0. The van der Waals surface area contributed by atoms with Crippen LogP contribution in [0.2, 0.25) is 10.0 Å². The minimum absolute atomic E-state index is 0.113. The normalized spacial score (nSPS) is 14.8. The summed E-state index contributed by atoms with van der Waals surface area (Å²) in [5.41, 5.74) is 5.06. The molecule has 1 N–H and O–H groups in total. The van der Waals surface area contributed by atoms with Gasteiger partial charge < -0.3 is 4.74 Å². The zero-order valence-electron chi connectivity index (χ0n) is 16.7. The van der Waals surface area contributed by atoms with Gasteiger partial charge in [0.15, 0.2) is 0 Å². The summed E-state index contributed by atoms with van der Waals surface area (Å²) in [6.45, 7) is 4.29. The van der Waals surface area contributed by atoms with Crippen molar-refractivity contribution < 1.29 is 9.53 Å². The minimum atomic E-state index is -0.554. The van der Waals surface area contributed by atoms with Crippen molar-refractivity contribution in [3.63, 3.8) is 0 Å². The molecule has 5 nitrogen and oxygen atoms in total. The Hall–Kier alpha value is -2.63. The Kier molecular flexibility index (Phi) is 5.93. The molecule has 0 radical (unpaired) electrons. The van der Waals surface area contributed by atoms with Crippen LogP contribution in [-0.4, -0.2) is 22.7 Å². The molecule has 0 aliphatic heterocycles. The summed E-state index contributed by atoms with van der Waals surface area (Å²) < 4.78 is 5.16. The summed E-state index contributed by atoms with van der Waals surface area (Å²) in [6, 6.07) is 13.9. The first-order chi connectivity index (χ1) is 14.4. The number of nitrogens with one attached hydrogen (secondary N) is 1. The molecule has 1 unspecified atom stereocenters. The van der Waals surface area contributed by atoms with Crippen molar-refractivity contribution in [1.82, 2.24) is 9.97 Å². The largest absolute Gasteiger partial charge is 0.449 e. The number of benzene rings is 2. The fourth-order valence-corrected chi connectivity index (χ4v) is 3.90. The molecule has 0 bridgehead atoms. The third-order valence-corrected chi connectivity index (χ3v) is 5.73. The van der Waals surface area contributed by atoms with Crippen LogP contribution in [0.25, 0.3) is 11.3 Å². The van der Waals surface area contributed by atoms with E-state index in [1.165, 1.54) is 0 Å². The summed E-state index contributed by atoms with van der Waals surface area (Å²) in [5.74, 6) is 0.595. The van der Waals surface area contributed by atoms with Gasteiger partial charge in [-0.1, -0.05) is 67.4 Å². The van der Waals surface area contributed by atoms with Crippen LogP contribution in [0.1, 0.15) is 36.5 Å². The third kappa shape index (κ3) is 4.27. The Labute approximate surface area is 185 Å². The predicted molar refractivity (Wildman–Crippen MR) is 119 cm³/mol. The van der Waals surface area contributed by atoms with Gasteiger partial charge in [-0.15, -0.1) is 0 Å². The van der Waals surface area contributed by atoms with E-state index in [9.17, 15) is 4.79 Å². The molecule has 2 aromatic carbocycles. The van der Waals surface area contributed by atoms with Crippen LogP contribution in [0.5, 0.6) is 0 Å². The molecule has 0 saturated carbocycles. The summed E-state index contributed by atoms with van der Waals surface area (Å²) in [4.78, 5) is 20.9. The molecule has 0 fully saturated rings. The molecule has 1 atom stereocenters. The van der Waals surface area contributed by atoms with E-state index in [-0.39, 0.29) is 17.8 Å². The molecule has 30 heavy (non-hydrogen) atoms. The van der Waals surface area contributed by atoms with Crippen LogP contribution in [0.3, 0.4) is 0 Å². The van der Waals surface area contributed by atoms with Crippen LogP contribution in [0.4, 0.5) is 10.7 Å². The number of fused-ring (bicyclic) bond motifs is 3. The van der Waals surface area contributed by atoms with Crippen LogP contribution in [0.15, 0.2) is 48.7 Å². The van der Waals surface area contributed by atoms with Gasteiger partial charge in [0.25, 0.3) is 0 Å². The van der Waals surface area contributed by atoms with E-state index >= 15 is 0 Å². The number of ether oxygens (including phenoxy) is 1. The van der Waals surface area contributed by atoms with Crippen molar-refractivity contribution in [2.75, 3.05) is 11.9 Å². The second-order valence-electron chi connectivity index (χ2n) is 7.70. The topological polar surface area (TPSA) is 64.1 Å². The number of rotatable bonds is 4. The fourth-order valence-electron chi connectivity index (χ4n) is 3.59. The number of anilines is 1. The fraction of sp³-hybridized carbons (Fsp3) is 0.261. The number of aromatic nitrogens is 2. The Morgan fingerprint density at radius 1 is 1.20 bits per heavy atom. The van der Waals surface area contributed by atoms with Gasteiger partial charge >= 0.3 is 6.09 Å². The predicted octanol–water partition coefficient (Wildman–Crippen LogP) is 6.34. The van der Waals surface area contributed by atoms with Crippen LogP contribution in [-0.2, 0) is 11.2 Å². The first-order valence-electron chi connectivity index (χ1n) is 9.76. The second-order valence-corrected chi connectivity index (χ2v) is 8.52. The molecule has 3 aromatic rings. The summed E-state index contributed by atoms with van der Waals surface area (Å²) in [5, 5.41) is 3.69. The van der Waals surface area contributed by atoms with Gasteiger partial charge in [0, 0.05) is 17.7 Å². The van der Waals surface area contributed by atoms with E-state index in [4.69, 9.17) is 27.9 Å². The zero-order chi connectivity index (χ0) is 21.3. The molecule has 1 amide bonds. The highest BCUT2D eigenvalue weighted by atomic mass is 35.5. The number of hydrogen-bond acceptors (Lipinski definition) is 4. The lowest BCUT2D eigenvalue weighted by Gasteiger charge is -2.27. The average molecular weight is 442 g/mol. The van der Waals surface area contributed by atoms with Gasteiger partial charge in [0.2, 0.25) is 5.95 Å². The molecular formula is C23H21Cl2N3O2. The SMILES string of the molecule is CC(C)COC(=O)Nc1ncc2c(n1)-c1ccccc1C(c1ccc(Cl)c(Cl)c1)C2. The van der Waals surface area contributed by atoms with Crippen molar-refractivity contribution in [2.45, 2.75) is 26.2 Å². The van der Waals surface area contributed by atoms with Crippen molar-refractivity contribution in [2.24, 2.45) is 5.92 Å². The Morgan fingerprint density at radius 2 is 2.00 bits per heavy atom. The maximum atomic E-state index is 12.0. The van der Waals surface area contributed by atoms with E-state index in [0.29, 0.717) is 16.7 Å². The van der Waals surface area contributed by atoms with E-state index in [2.05, 4.69) is 21.4 Å². The monoisotopic (exact) mass is 441 g/mol. The molecule has 1 heterocycles. The first-order valence-corrected chi connectivity index (χ1v) is 10.5. The summed E-state index contributed by atoms with van der Waals surface area (Å²) in [6.07, 6.45) is 1.94. The van der Waals surface area contributed by atoms with Gasteiger partial charge in [-0.25, -0.2) is 14.8 Å². The number of nitrogens with zero attached hydrogens (tertiary/aromatic N) is 2. The van der Waals surface area contributed by atoms with Gasteiger partial charge in [-0.2, -0.15) is 0 Å². The highest BCUT2D eigenvalue weighted by Crippen LogP contribution is 2.42. The molecule has 1 aromatic heterocycles. The van der Waals surface area contributed by atoms with E-state index in [1.807, 2.05) is 50.2 Å². The Bertz CT molecular complexity index is 1100. The van der Waals surface area contributed by atoms with E-state index < -0.39 is 6.09 Å². The van der Waals surface area contributed by atoms with Crippen LogP contribution < -0.4 is 5.32 Å². The lowest BCUT2D eigenvalue weighted by Crippen LogP contribution is -2.20. The molecule has 0 saturated heterocycles. The highest BCUT2D eigenvalue weighted by Gasteiger charge is 2.28. The first kappa shape index (κ1) is 20.6. The number of amides is 1. The summed E-state index contributed by atoms with van der Waals surface area (Å²) >= 11 is 12.4. The van der Waals surface area contributed by atoms with E-state index in [0.717, 1.165) is 34.4 Å². The van der Waals surface area contributed by atoms with Crippen molar-refractivity contribution in [3.8, 4) is 11.3 Å². The number of hydrogen-bond donors (Lipinski definition) is 1. The molecule has 4 rings (SSSR count). The van der Waals surface area contributed by atoms with Gasteiger partial charge in [0.05, 0.1) is 22.3 Å². The minimum Gasteiger partial charge on any atom is -0.449 e. The third-order valence-electron chi connectivity index (χ3n) is 4.99. The molecular weight excluding hydrogens is 421 g/mol. The van der Waals surface area contributed by atoms with Crippen molar-refractivity contribution in [3.05, 3.63) is 75.4 Å². The van der Waals surface area contributed by atoms with Crippen LogP contribution >= 0.6 is 23.2 Å². The number of carbonyl (C=O) groups excluding carboxylic acids is 1. The van der Waals surface area contributed by atoms with Crippen molar-refractivity contribution in [1.29, 1.82) is 0 Å². The zero-order valence-corrected chi connectivity index (χ0v) is 18.2. The highest BCUT2D eigenvalue weighted by molar-refractivity contribution is 6.42. The second kappa shape index (κ2) is 8.62. The van der Waals surface area contributed by atoms with Crippen LogP contribution in [0, 0.1) is 5.92 Å². The van der Waals surface area contributed by atoms with Crippen molar-refractivity contribution >= 4 is 35.2 Å². The number of halogens is 2. The maximum absolute atomic E-state index is 12.0. The lowest BCUT2D eigenvalue weighted by molar-refractivity contribution is 0.147. The van der Waals surface area contributed by atoms with Gasteiger partial charge in [-0.3, -0.25) is 5.32 Å². The van der Waals surface area contributed by atoms with E-state index in [1.54, 1.807) is 6.20 Å². The maximum Gasteiger partial charge on any atom is 0.414 e. The Balaban J connectivity index is 1.66. The van der Waals surface area contributed by atoms with Gasteiger partial charge in [0.1, 0.15) is 0 Å². The lowest BCUT2D eigenvalue weighted by atomic mass is 9.78. The molecule has 0 spiro atoms. The standard InChI is InChI=1S/C23H21Cl2N3O2/c1-13(2)12-30-23(29)28-22-26-11-15-9-18(14-7-8-19(24)20(25)10-14)16-5-3-4-6-17(16)21(15)27-22/h3-8,10-11,13,18H,9,12H2,1-2H3,(H,26,27,28,29). The van der Waals surface area contributed by atoms with Gasteiger partial charge in [-0.05, 0) is 41.2 Å².